The van der Waals surface area contributed by atoms with Crippen LogP contribution in [0.5, 0.6) is 0 Å². The van der Waals surface area contributed by atoms with Gasteiger partial charge in [0, 0.05) is 39.0 Å². The predicted molar refractivity (Wildman–Crippen MR) is 110 cm³/mol. The Hall–Kier alpha value is -2.36. The first kappa shape index (κ1) is 19.0. The molecule has 3 aromatic rings. The lowest BCUT2D eigenvalue weighted by Crippen LogP contribution is -2.46. The van der Waals surface area contributed by atoms with Crippen LogP contribution in [0.4, 0.5) is 5.69 Å². The zero-order valence-corrected chi connectivity index (χ0v) is 17.0. The van der Waals surface area contributed by atoms with Gasteiger partial charge in [0.15, 0.2) is 0 Å². The van der Waals surface area contributed by atoms with E-state index in [1.165, 1.54) is 0 Å². The Morgan fingerprint density at radius 3 is 2.71 bits per heavy atom. The third kappa shape index (κ3) is 4.06. The SMILES string of the molecule is COCCn1cnc2cc(N3CCN(Cc4nnc(C)s4)CC3)ccc2c1=O. The number of ether oxygens (including phenoxy) is 1. The lowest BCUT2D eigenvalue weighted by molar-refractivity contribution is 0.186. The van der Waals surface area contributed by atoms with Gasteiger partial charge in [0.05, 0.1) is 36.9 Å². The van der Waals surface area contributed by atoms with Gasteiger partial charge in [-0.05, 0) is 25.1 Å². The molecule has 1 aliphatic rings. The number of methoxy groups -OCH3 is 1. The van der Waals surface area contributed by atoms with Gasteiger partial charge in [0.25, 0.3) is 5.56 Å². The number of piperazine rings is 1. The second-order valence-corrected chi connectivity index (χ2v) is 8.18. The molecule has 1 fully saturated rings. The number of nitrogens with zero attached hydrogens (tertiary/aromatic N) is 6. The quantitative estimate of drug-likeness (QED) is 0.621. The fourth-order valence-corrected chi connectivity index (χ4v) is 4.20. The number of hydrogen-bond donors (Lipinski definition) is 0. The summed E-state index contributed by atoms with van der Waals surface area (Å²) in [7, 11) is 1.63. The molecule has 1 aliphatic heterocycles. The molecule has 0 N–H and O–H groups in total. The molecule has 0 radical (unpaired) electrons. The third-order valence-electron chi connectivity index (χ3n) is 5.01. The van der Waals surface area contributed by atoms with Crippen LogP contribution in [-0.4, -0.2) is 64.5 Å². The fraction of sp³-hybridized carbons (Fsp3) is 0.474. The normalized spacial score (nSPS) is 15.4. The molecule has 0 amide bonds. The van der Waals surface area contributed by atoms with Crippen molar-refractivity contribution in [3.63, 3.8) is 0 Å². The van der Waals surface area contributed by atoms with Crippen LogP contribution in [0, 0.1) is 6.92 Å². The summed E-state index contributed by atoms with van der Waals surface area (Å²) in [6.07, 6.45) is 1.61. The molecule has 2 aromatic heterocycles. The lowest BCUT2D eigenvalue weighted by atomic mass is 10.2. The number of fused-ring (bicyclic) bond motifs is 1. The molecule has 148 valence electrons. The Labute approximate surface area is 167 Å². The minimum absolute atomic E-state index is 0.0224. The van der Waals surface area contributed by atoms with Crippen LogP contribution < -0.4 is 10.5 Å². The molecule has 0 spiro atoms. The third-order valence-corrected chi connectivity index (χ3v) is 5.83. The van der Waals surface area contributed by atoms with Crippen LogP contribution in [0.25, 0.3) is 10.9 Å². The van der Waals surface area contributed by atoms with E-state index >= 15 is 0 Å². The van der Waals surface area contributed by atoms with Gasteiger partial charge in [0.2, 0.25) is 0 Å². The summed E-state index contributed by atoms with van der Waals surface area (Å²) in [5.41, 5.74) is 1.83. The molecule has 9 heteroatoms. The lowest BCUT2D eigenvalue weighted by Gasteiger charge is -2.35. The van der Waals surface area contributed by atoms with E-state index in [1.54, 1.807) is 29.3 Å². The maximum atomic E-state index is 12.6. The monoisotopic (exact) mass is 400 g/mol. The highest BCUT2D eigenvalue weighted by Crippen LogP contribution is 2.21. The minimum Gasteiger partial charge on any atom is -0.383 e. The van der Waals surface area contributed by atoms with Crippen LogP contribution >= 0.6 is 11.3 Å². The van der Waals surface area contributed by atoms with E-state index in [0.29, 0.717) is 18.5 Å². The molecule has 1 saturated heterocycles. The maximum absolute atomic E-state index is 12.6. The Morgan fingerprint density at radius 2 is 2.00 bits per heavy atom. The zero-order valence-electron chi connectivity index (χ0n) is 16.2. The zero-order chi connectivity index (χ0) is 19.5. The molecular formula is C19H24N6O2S. The van der Waals surface area contributed by atoms with Crippen molar-refractivity contribution in [1.29, 1.82) is 0 Å². The second-order valence-electron chi connectivity index (χ2n) is 6.92. The Balaban J connectivity index is 1.44. The average molecular weight is 401 g/mol. The molecule has 0 atom stereocenters. The molecule has 1 aromatic carbocycles. The number of anilines is 1. The van der Waals surface area contributed by atoms with Crippen LogP contribution in [-0.2, 0) is 17.8 Å². The summed E-state index contributed by atoms with van der Waals surface area (Å²) in [4.78, 5) is 21.8. The first-order valence-electron chi connectivity index (χ1n) is 9.38. The predicted octanol–water partition coefficient (Wildman–Crippen LogP) is 1.53. The van der Waals surface area contributed by atoms with Crippen LogP contribution in [0.2, 0.25) is 0 Å². The van der Waals surface area contributed by atoms with Crippen molar-refractivity contribution < 1.29 is 4.74 Å². The molecule has 8 nitrogen and oxygen atoms in total. The van der Waals surface area contributed by atoms with Gasteiger partial charge in [-0.25, -0.2) is 4.98 Å². The fourth-order valence-electron chi connectivity index (χ4n) is 3.45. The summed E-state index contributed by atoms with van der Waals surface area (Å²) >= 11 is 1.66. The molecule has 0 bridgehead atoms. The van der Waals surface area contributed by atoms with Crippen LogP contribution in [0.3, 0.4) is 0 Å². The molecule has 3 heterocycles. The molecule has 0 aliphatic carbocycles. The van der Waals surface area contributed by atoms with Gasteiger partial charge < -0.3 is 9.64 Å². The molecule has 0 unspecified atom stereocenters. The first-order valence-corrected chi connectivity index (χ1v) is 10.2. The highest BCUT2D eigenvalue weighted by molar-refractivity contribution is 7.11. The van der Waals surface area contributed by atoms with E-state index in [1.807, 2.05) is 25.1 Å². The van der Waals surface area contributed by atoms with Crippen molar-refractivity contribution in [2.24, 2.45) is 0 Å². The summed E-state index contributed by atoms with van der Waals surface area (Å²) in [6, 6.07) is 5.93. The summed E-state index contributed by atoms with van der Waals surface area (Å²) in [5, 5.41) is 11.0. The van der Waals surface area contributed by atoms with Crippen molar-refractivity contribution in [3.8, 4) is 0 Å². The number of aryl methyl sites for hydroxylation is 1. The second kappa shape index (κ2) is 8.34. The number of aromatic nitrogens is 4. The number of benzene rings is 1. The van der Waals surface area contributed by atoms with Gasteiger partial charge in [-0.15, -0.1) is 21.5 Å². The van der Waals surface area contributed by atoms with Gasteiger partial charge in [0.1, 0.15) is 10.0 Å². The largest absolute Gasteiger partial charge is 0.383 e. The van der Waals surface area contributed by atoms with Crippen LogP contribution in [0.1, 0.15) is 10.0 Å². The van der Waals surface area contributed by atoms with Crippen molar-refractivity contribution >= 4 is 27.9 Å². The topological polar surface area (TPSA) is 76.4 Å². The standard InChI is InChI=1S/C19H24N6O2S/c1-14-21-22-18(28-14)12-23-5-7-24(8-6-23)15-3-4-16-17(11-15)20-13-25(19(16)26)9-10-27-2/h3-4,11,13H,5-10,12H2,1-2H3. The van der Waals surface area contributed by atoms with Gasteiger partial charge >= 0.3 is 0 Å². The summed E-state index contributed by atoms with van der Waals surface area (Å²) in [6.45, 7) is 7.68. The van der Waals surface area contributed by atoms with Gasteiger partial charge in [-0.2, -0.15) is 0 Å². The minimum atomic E-state index is -0.0224. The van der Waals surface area contributed by atoms with E-state index < -0.39 is 0 Å². The van der Waals surface area contributed by atoms with Crippen molar-refractivity contribution in [3.05, 3.63) is 44.9 Å². The number of hydrogen-bond acceptors (Lipinski definition) is 8. The van der Waals surface area contributed by atoms with E-state index in [0.717, 1.165) is 53.9 Å². The van der Waals surface area contributed by atoms with Crippen molar-refractivity contribution in [1.82, 2.24) is 24.6 Å². The van der Waals surface area contributed by atoms with E-state index in [2.05, 4.69) is 25.0 Å². The van der Waals surface area contributed by atoms with Gasteiger partial charge in [-0.3, -0.25) is 14.3 Å². The Bertz CT molecular complexity index is 1010. The van der Waals surface area contributed by atoms with Crippen molar-refractivity contribution in [2.75, 3.05) is 44.8 Å². The average Bonchev–Trinajstić information content (AvgIpc) is 3.12. The highest BCUT2D eigenvalue weighted by atomic mass is 32.1. The smallest absolute Gasteiger partial charge is 0.261 e. The van der Waals surface area contributed by atoms with E-state index in [4.69, 9.17) is 4.74 Å². The first-order chi connectivity index (χ1) is 13.6. The molecule has 28 heavy (non-hydrogen) atoms. The Morgan fingerprint density at radius 1 is 1.18 bits per heavy atom. The molecule has 4 rings (SSSR count). The van der Waals surface area contributed by atoms with Crippen molar-refractivity contribution in [2.45, 2.75) is 20.0 Å². The summed E-state index contributed by atoms with van der Waals surface area (Å²) in [5.74, 6) is 0. The maximum Gasteiger partial charge on any atom is 0.261 e. The molecular weight excluding hydrogens is 376 g/mol. The van der Waals surface area contributed by atoms with Gasteiger partial charge in [-0.1, -0.05) is 0 Å². The summed E-state index contributed by atoms with van der Waals surface area (Å²) < 4.78 is 6.65. The molecule has 0 saturated carbocycles. The van der Waals surface area contributed by atoms with E-state index in [9.17, 15) is 4.79 Å². The van der Waals surface area contributed by atoms with Crippen LogP contribution in [0.15, 0.2) is 29.3 Å². The van der Waals surface area contributed by atoms with E-state index in [-0.39, 0.29) is 5.56 Å². The number of rotatable bonds is 6. The Kier molecular flexibility index (Phi) is 5.65. The highest BCUT2D eigenvalue weighted by Gasteiger charge is 2.19.